The van der Waals surface area contributed by atoms with Crippen molar-refractivity contribution in [1.82, 2.24) is 5.06 Å². The first kappa shape index (κ1) is 11.4. The van der Waals surface area contributed by atoms with E-state index in [0.717, 1.165) is 5.06 Å². The molecule has 0 aliphatic heterocycles. The van der Waals surface area contributed by atoms with Crippen LogP contribution in [0, 0.1) is 5.82 Å². The molecule has 0 atom stereocenters. The molecule has 1 rings (SSSR count). The van der Waals surface area contributed by atoms with Crippen molar-refractivity contribution >= 4 is 15.9 Å². The quantitative estimate of drug-likeness (QED) is 0.851. The molecule has 0 radical (unpaired) electrons. The maximum atomic E-state index is 13.3. The molecule has 5 heteroatoms. The van der Waals surface area contributed by atoms with Crippen LogP contribution < -0.4 is 4.74 Å². The number of nitrogens with zero attached hydrogens (tertiary/aromatic N) is 1. The molecular weight excluding hydrogens is 253 g/mol. The molecule has 78 valence electrons. The van der Waals surface area contributed by atoms with Crippen molar-refractivity contribution in [2.75, 3.05) is 14.2 Å². The number of hydroxylamine groups is 2. The SMILES string of the molecule is COc1cc(CN(C)O)c(F)cc1Br. The molecule has 0 bridgehead atoms. The first-order valence-corrected chi connectivity index (χ1v) is 4.76. The van der Waals surface area contributed by atoms with Gasteiger partial charge in [-0.2, -0.15) is 5.06 Å². The van der Waals surface area contributed by atoms with Crippen LogP contribution in [-0.2, 0) is 6.54 Å². The third-order valence-electron chi connectivity index (χ3n) is 1.72. The zero-order valence-corrected chi connectivity index (χ0v) is 9.51. The third kappa shape index (κ3) is 2.67. The fraction of sp³-hybridized carbons (Fsp3) is 0.333. The van der Waals surface area contributed by atoms with Gasteiger partial charge in [0.2, 0.25) is 0 Å². The molecule has 1 N–H and O–H groups in total. The lowest BCUT2D eigenvalue weighted by atomic mass is 10.2. The van der Waals surface area contributed by atoms with E-state index in [1.807, 2.05) is 0 Å². The summed E-state index contributed by atoms with van der Waals surface area (Å²) in [5.41, 5.74) is 0.384. The van der Waals surface area contributed by atoms with Gasteiger partial charge in [-0.1, -0.05) is 0 Å². The maximum Gasteiger partial charge on any atom is 0.133 e. The van der Waals surface area contributed by atoms with Crippen LogP contribution in [0.1, 0.15) is 5.56 Å². The van der Waals surface area contributed by atoms with Crippen LogP contribution in [0.15, 0.2) is 16.6 Å². The van der Waals surface area contributed by atoms with Crippen LogP contribution in [0.5, 0.6) is 5.75 Å². The second-order valence-electron chi connectivity index (χ2n) is 2.89. The Hall–Kier alpha value is -0.650. The van der Waals surface area contributed by atoms with Gasteiger partial charge in [0.05, 0.1) is 18.1 Å². The van der Waals surface area contributed by atoms with Gasteiger partial charge in [-0.25, -0.2) is 4.39 Å². The Morgan fingerprint density at radius 2 is 2.21 bits per heavy atom. The summed E-state index contributed by atoms with van der Waals surface area (Å²) in [7, 11) is 2.96. The Morgan fingerprint density at radius 1 is 1.57 bits per heavy atom. The van der Waals surface area contributed by atoms with Crippen molar-refractivity contribution in [3.05, 3.63) is 28.0 Å². The first-order valence-electron chi connectivity index (χ1n) is 3.96. The van der Waals surface area contributed by atoms with Gasteiger partial charge >= 0.3 is 0 Å². The molecule has 0 unspecified atom stereocenters. The van der Waals surface area contributed by atoms with Gasteiger partial charge in [-0.15, -0.1) is 0 Å². The van der Waals surface area contributed by atoms with Crippen LogP contribution in [0.4, 0.5) is 4.39 Å². The lowest BCUT2D eigenvalue weighted by Crippen LogP contribution is -2.13. The highest BCUT2D eigenvalue weighted by Crippen LogP contribution is 2.28. The second kappa shape index (κ2) is 4.72. The molecular formula is C9H11BrFNO2. The molecule has 0 aromatic heterocycles. The van der Waals surface area contributed by atoms with E-state index in [9.17, 15) is 4.39 Å². The molecule has 0 saturated carbocycles. The molecule has 0 aliphatic rings. The molecule has 1 aromatic rings. The first-order chi connectivity index (χ1) is 6.54. The van der Waals surface area contributed by atoms with E-state index in [4.69, 9.17) is 9.94 Å². The number of methoxy groups -OCH3 is 1. The predicted molar refractivity (Wildman–Crippen MR) is 53.9 cm³/mol. The Morgan fingerprint density at radius 3 is 2.71 bits per heavy atom. The summed E-state index contributed by atoms with van der Waals surface area (Å²) in [5, 5.41) is 9.89. The lowest BCUT2D eigenvalue weighted by Gasteiger charge is -2.11. The maximum absolute atomic E-state index is 13.3. The van der Waals surface area contributed by atoms with E-state index in [-0.39, 0.29) is 12.4 Å². The summed E-state index contributed by atoms with van der Waals surface area (Å²) >= 11 is 3.17. The molecule has 3 nitrogen and oxygen atoms in total. The Kier molecular flexibility index (Phi) is 3.86. The topological polar surface area (TPSA) is 32.7 Å². The van der Waals surface area contributed by atoms with E-state index in [2.05, 4.69) is 15.9 Å². The highest BCUT2D eigenvalue weighted by molar-refractivity contribution is 9.10. The fourth-order valence-corrected chi connectivity index (χ4v) is 1.57. The zero-order valence-electron chi connectivity index (χ0n) is 7.92. The lowest BCUT2D eigenvalue weighted by molar-refractivity contribution is -0.0738. The molecule has 14 heavy (non-hydrogen) atoms. The average Bonchev–Trinajstić information content (AvgIpc) is 2.09. The minimum Gasteiger partial charge on any atom is -0.496 e. The Bertz CT molecular complexity index is 331. The Labute approximate surface area is 90.2 Å². The highest BCUT2D eigenvalue weighted by atomic mass is 79.9. The van der Waals surface area contributed by atoms with Crippen LogP contribution in [0.2, 0.25) is 0 Å². The van der Waals surface area contributed by atoms with E-state index < -0.39 is 0 Å². The number of hydrogen-bond donors (Lipinski definition) is 1. The van der Waals surface area contributed by atoms with Crippen molar-refractivity contribution in [2.45, 2.75) is 6.54 Å². The minimum absolute atomic E-state index is 0.121. The summed E-state index contributed by atoms with van der Waals surface area (Å²) in [6.45, 7) is 0.121. The standard InChI is InChI=1S/C9H11BrFNO2/c1-12(13)5-6-3-9(14-2)7(10)4-8(6)11/h3-4,13H,5H2,1-2H3. The van der Waals surface area contributed by atoms with Gasteiger partial charge < -0.3 is 9.94 Å². The van der Waals surface area contributed by atoms with Gasteiger partial charge in [-0.3, -0.25) is 0 Å². The Balaban J connectivity index is 3.04. The van der Waals surface area contributed by atoms with E-state index in [1.165, 1.54) is 20.2 Å². The van der Waals surface area contributed by atoms with Crippen molar-refractivity contribution in [3.8, 4) is 5.75 Å². The van der Waals surface area contributed by atoms with Crippen LogP contribution in [0.3, 0.4) is 0 Å². The molecule has 0 aliphatic carbocycles. The molecule has 0 heterocycles. The third-order valence-corrected chi connectivity index (χ3v) is 2.34. The summed E-state index contributed by atoms with van der Waals surface area (Å²) in [6, 6.07) is 2.86. The van der Waals surface area contributed by atoms with Gasteiger partial charge in [0, 0.05) is 12.6 Å². The van der Waals surface area contributed by atoms with Gasteiger partial charge in [0.25, 0.3) is 0 Å². The van der Waals surface area contributed by atoms with Crippen molar-refractivity contribution in [3.63, 3.8) is 0 Å². The summed E-state index contributed by atoms with van der Waals surface area (Å²) in [4.78, 5) is 0. The minimum atomic E-state index is -0.376. The number of rotatable bonds is 3. The largest absolute Gasteiger partial charge is 0.496 e. The zero-order chi connectivity index (χ0) is 10.7. The summed E-state index contributed by atoms with van der Waals surface area (Å²) in [6.07, 6.45) is 0. The second-order valence-corrected chi connectivity index (χ2v) is 3.75. The predicted octanol–water partition coefficient (Wildman–Crippen LogP) is 2.42. The van der Waals surface area contributed by atoms with Crippen LogP contribution in [-0.4, -0.2) is 24.4 Å². The number of halogens is 2. The number of benzene rings is 1. The number of ether oxygens (including phenoxy) is 1. The van der Waals surface area contributed by atoms with Crippen LogP contribution >= 0.6 is 15.9 Å². The molecule has 0 fully saturated rings. The fourth-order valence-electron chi connectivity index (χ4n) is 1.10. The van der Waals surface area contributed by atoms with Gasteiger partial charge in [0.15, 0.2) is 0 Å². The molecule has 0 saturated heterocycles. The number of hydrogen-bond acceptors (Lipinski definition) is 3. The van der Waals surface area contributed by atoms with Crippen molar-refractivity contribution in [2.24, 2.45) is 0 Å². The summed E-state index contributed by atoms with van der Waals surface area (Å²) in [5.74, 6) is 0.168. The van der Waals surface area contributed by atoms with Crippen molar-refractivity contribution in [1.29, 1.82) is 0 Å². The van der Waals surface area contributed by atoms with Crippen LogP contribution in [0.25, 0.3) is 0 Å². The average molecular weight is 264 g/mol. The van der Waals surface area contributed by atoms with Crippen molar-refractivity contribution < 1.29 is 14.3 Å². The summed E-state index contributed by atoms with van der Waals surface area (Å²) < 4.78 is 18.9. The monoisotopic (exact) mass is 263 g/mol. The highest BCUT2D eigenvalue weighted by Gasteiger charge is 2.09. The van der Waals surface area contributed by atoms with E-state index in [0.29, 0.717) is 15.8 Å². The smallest absolute Gasteiger partial charge is 0.133 e. The van der Waals surface area contributed by atoms with Gasteiger partial charge in [0.1, 0.15) is 11.6 Å². The molecule has 0 spiro atoms. The normalized spacial score (nSPS) is 10.7. The van der Waals surface area contributed by atoms with Gasteiger partial charge in [-0.05, 0) is 28.1 Å². The molecule has 0 amide bonds. The van der Waals surface area contributed by atoms with E-state index >= 15 is 0 Å². The molecule has 1 aromatic carbocycles. The van der Waals surface area contributed by atoms with E-state index in [1.54, 1.807) is 6.07 Å².